The Morgan fingerprint density at radius 2 is 2.19 bits per heavy atom. The molecule has 0 unspecified atom stereocenters. The fraction of sp³-hybridized carbons (Fsp3) is 0.625. The van der Waals surface area contributed by atoms with Crippen molar-refractivity contribution in [1.29, 1.82) is 0 Å². The molecule has 1 rings (SSSR count). The van der Waals surface area contributed by atoms with Gasteiger partial charge in [-0.1, -0.05) is 25.7 Å². The minimum Gasteiger partial charge on any atom is -0.444 e. The van der Waals surface area contributed by atoms with Crippen LogP contribution < -0.4 is 5.32 Å². The molecule has 5 nitrogen and oxygen atoms in total. The van der Waals surface area contributed by atoms with E-state index in [0.717, 1.165) is 12.1 Å². The van der Waals surface area contributed by atoms with E-state index in [1.54, 1.807) is 6.20 Å². The molecule has 1 amide bonds. The van der Waals surface area contributed by atoms with Gasteiger partial charge in [0.2, 0.25) is 0 Å². The van der Waals surface area contributed by atoms with Gasteiger partial charge in [-0.15, -0.1) is 0 Å². The van der Waals surface area contributed by atoms with E-state index < -0.39 is 11.7 Å². The Labute approximate surface area is 127 Å². The van der Waals surface area contributed by atoms with Crippen LogP contribution in [0, 0.1) is 17.8 Å². The molecule has 0 spiro atoms. The first kappa shape index (κ1) is 17.1. The standard InChI is InChI=1S/C16H25N3O2/c1-13(2)11-19-12-14(10-18-19)8-6-7-9-17-15(20)21-16(3,4)5/h10,12-13H,7,9,11H2,1-5H3,(H,17,20). The third-order valence-electron chi connectivity index (χ3n) is 2.34. The molecule has 1 N–H and O–H groups in total. The van der Waals surface area contributed by atoms with Gasteiger partial charge in [-0.05, 0) is 26.7 Å². The molecular formula is C16H25N3O2. The molecule has 0 aliphatic rings. The number of carbonyl (C=O) groups is 1. The molecule has 0 fully saturated rings. The van der Waals surface area contributed by atoms with Gasteiger partial charge < -0.3 is 10.1 Å². The second-order valence-electron chi connectivity index (χ2n) is 6.33. The summed E-state index contributed by atoms with van der Waals surface area (Å²) in [6.45, 7) is 11.2. The maximum Gasteiger partial charge on any atom is 0.407 e. The largest absolute Gasteiger partial charge is 0.444 e. The van der Waals surface area contributed by atoms with Crippen molar-refractivity contribution in [3.8, 4) is 11.8 Å². The minimum absolute atomic E-state index is 0.408. The van der Waals surface area contributed by atoms with Crippen LogP contribution >= 0.6 is 0 Å². The van der Waals surface area contributed by atoms with E-state index in [1.165, 1.54) is 0 Å². The smallest absolute Gasteiger partial charge is 0.407 e. The Morgan fingerprint density at radius 3 is 2.81 bits per heavy atom. The number of rotatable bonds is 4. The van der Waals surface area contributed by atoms with Gasteiger partial charge in [-0.25, -0.2) is 4.79 Å². The summed E-state index contributed by atoms with van der Waals surface area (Å²) in [5, 5.41) is 6.92. The van der Waals surface area contributed by atoms with Crippen LogP contribution in [0.25, 0.3) is 0 Å². The highest BCUT2D eigenvalue weighted by Gasteiger charge is 2.15. The van der Waals surface area contributed by atoms with Crippen LogP contribution in [0.2, 0.25) is 0 Å². The highest BCUT2D eigenvalue weighted by molar-refractivity contribution is 5.67. The zero-order valence-electron chi connectivity index (χ0n) is 13.6. The number of nitrogens with zero attached hydrogens (tertiary/aromatic N) is 2. The predicted octanol–water partition coefficient (Wildman–Crippen LogP) is 2.81. The van der Waals surface area contributed by atoms with E-state index in [1.807, 2.05) is 31.6 Å². The molecule has 1 aromatic heterocycles. The van der Waals surface area contributed by atoms with E-state index in [0.29, 0.717) is 18.9 Å². The Balaban J connectivity index is 2.30. The van der Waals surface area contributed by atoms with E-state index in [2.05, 4.69) is 36.1 Å². The Bertz CT molecular complexity index is 516. The SMILES string of the molecule is CC(C)Cn1cc(C#CCCNC(=O)OC(C)(C)C)cn1. The molecule has 0 saturated carbocycles. The van der Waals surface area contributed by atoms with E-state index in [4.69, 9.17) is 4.74 Å². The summed E-state index contributed by atoms with van der Waals surface area (Å²) in [6, 6.07) is 0. The summed E-state index contributed by atoms with van der Waals surface area (Å²) in [7, 11) is 0. The number of nitrogens with one attached hydrogen (secondary N) is 1. The zero-order chi connectivity index (χ0) is 15.9. The van der Waals surface area contributed by atoms with Gasteiger partial charge in [0.1, 0.15) is 5.60 Å². The lowest BCUT2D eigenvalue weighted by Gasteiger charge is -2.19. The number of carbonyl (C=O) groups excluding carboxylic acids is 1. The number of amides is 1. The molecule has 0 atom stereocenters. The van der Waals surface area contributed by atoms with Crippen LogP contribution in [0.3, 0.4) is 0 Å². The molecule has 1 heterocycles. The van der Waals surface area contributed by atoms with Gasteiger partial charge in [-0.3, -0.25) is 4.68 Å². The van der Waals surface area contributed by atoms with Crippen molar-refractivity contribution >= 4 is 6.09 Å². The molecule has 0 saturated heterocycles. The highest BCUT2D eigenvalue weighted by atomic mass is 16.6. The van der Waals surface area contributed by atoms with Crippen LogP contribution in [0.15, 0.2) is 12.4 Å². The van der Waals surface area contributed by atoms with E-state index in [-0.39, 0.29) is 0 Å². The third-order valence-corrected chi connectivity index (χ3v) is 2.34. The number of aromatic nitrogens is 2. The Hall–Kier alpha value is -1.96. The number of ether oxygens (including phenoxy) is 1. The lowest BCUT2D eigenvalue weighted by Crippen LogP contribution is -2.32. The van der Waals surface area contributed by atoms with Crippen LogP contribution in [0.4, 0.5) is 4.79 Å². The van der Waals surface area contributed by atoms with Crippen LogP contribution in [-0.2, 0) is 11.3 Å². The normalized spacial score (nSPS) is 11.0. The summed E-state index contributed by atoms with van der Waals surface area (Å²) in [4.78, 5) is 11.4. The van der Waals surface area contributed by atoms with Gasteiger partial charge in [0, 0.05) is 25.7 Å². The molecule has 0 aliphatic carbocycles. The summed E-state index contributed by atoms with van der Waals surface area (Å²) < 4.78 is 7.03. The summed E-state index contributed by atoms with van der Waals surface area (Å²) in [6.07, 6.45) is 3.87. The molecular weight excluding hydrogens is 266 g/mol. The fourth-order valence-electron chi connectivity index (χ4n) is 1.61. The van der Waals surface area contributed by atoms with Crippen molar-refractivity contribution in [2.75, 3.05) is 6.54 Å². The molecule has 116 valence electrons. The summed E-state index contributed by atoms with van der Waals surface area (Å²) in [5.74, 6) is 6.61. The number of hydrogen-bond donors (Lipinski definition) is 1. The summed E-state index contributed by atoms with van der Waals surface area (Å²) in [5.41, 5.74) is 0.425. The lowest BCUT2D eigenvalue weighted by atomic mass is 10.2. The van der Waals surface area contributed by atoms with E-state index in [9.17, 15) is 4.79 Å². The van der Waals surface area contributed by atoms with Crippen molar-refractivity contribution in [3.05, 3.63) is 18.0 Å². The average Bonchev–Trinajstić information content (AvgIpc) is 2.73. The van der Waals surface area contributed by atoms with Gasteiger partial charge in [-0.2, -0.15) is 5.10 Å². The zero-order valence-corrected chi connectivity index (χ0v) is 13.6. The van der Waals surface area contributed by atoms with Crippen molar-refractivity contribution < 1.29 is 9.53 Å². The second kappa shape index (κ2) is 7.72. The number of alkyl carbamates (subject to hydrolysis) is 1. The molecule has 0 aromatic carbocycles. The Morgan fingerprint density at radius 1 is 1.48 bits per heavy atom. The van der Waals surface area contributed by atoms with Crippen molar-refractivity contribution in [3.63, 3.8) is 0 Å². The maximum absolute atomic E-state index is 11.4. The first-order valence-electron chi connectivity index (χ1n) is 7.24. The first-order valence-corrected chi connectivity index (χ1v) is 7.24. The van der Waals surface area contributed by atoms with Crippen molar-refractivity contribution in [1.82, 2.24) is 15.1 Å². The lowest BCUT2D eigenvalue weighted by molar-refractivity contribution is 0.0529. The second-order valence-corrected chi connectivity index (χ2v) is 6.33. The molecule has 0 bridgehead atoms. The van der Waals surface area contributed by atoms with Crippen LogP contribution in [0.1, 0.15) is 46.6 Å². The van der Waals surface area contributed by atoms with Gasteiger partial charge in [0.25, 0.3) is 0 Å². The van der Waals surface area contributed by atoms with Crippen LogP contribution in [-0.4, -0.2) is 28.0 Å². The first-order chi connectivity index (χ1) is 9.76. The highest BCUT2D eigenvalue weighted by Crippen LogP contribution is 2.06. The maximum atomic E-state index is 11.4. The predicted molar refractivity (Wildman–Crippen MR) is 82.8 cm³/mol. The van der Waals surface area contributed by atoms with Crippen molar-refractivity contribution in [2.24, 2.45) is 5.92 Å². The third kappa shape index (κ3) is 8.03. The van der Waals surface area contributed by atoms with Gasteiger partial charge >= 0.3 is 6.09 Å². The molecule has 21 heavy (non-hydrogen) atoms. The monoisotopic (exact) mass is 291 g/mol. The van der Waals surface area contributed by atoms with Crippen LogP contribution in [0.5, 0.6) is 0 Å². The quantitative estimate of drug-likeness (QED) is 0.685. The average molecular weight is 291 g/mol. The van der Waals surface area contributed by atoms with Crippen molar-refractivity contribution in [2.45, 2.75) is 53.2 Å². The Kier molecular flexibility index (Phi) is 6.29. The van der Waals surface area contributed by atoms with Gasteiger partial charge in [0.15, 0.2) is 0 Å². The molecule has 5 heteroatoms. The summed E-state index contributed by atoms with van der Waals surface area (Å²) >= 11 is 0. The topological polar surface area (TPSA) is 56.2 Å². The molecule has 0 aliphatic heterocycles. The molecule has 0 radical (unpaired) electrons. The number of hydrogen-bond acceptors (Lipinski definition) is 3. The van der Waals surface area contributed by atoms with E-state index >= 15 is 0 Å². The molecule has 1 aromatic rings. The minimum atomic E-state index is -0.471. The van der Waals surface area contributed by atoms with Gasteiger partial charge in [0.05, 0.1) is 11.8 Å². The fourth-order valence-corrected chi connectivity index (χ4v) is 1.61.